The lowest BCUT2D eigenvalue weighted by Gasteiger charge is -2.10. The van der Waals surface area contributed by atoms with E-state index in [0.29, 0.717) is 22.0 Å². The van der Waals surface area contributed by atoms with E-state index in [1.165, 1.54) is 24.3 Å². The first-order valence-corrected chi connectivity index (χ1v) is 9.96. The molecule has 1 amide bonds. The van der Waals surface area contributed by atoms with Gasteiger partial charge in [0.1, 0.15) is 0 Å². The average molecular weight is 401 g/mol. The molecular weight excluding hydrogens is 384 g/mol. The van der Waals surface area contributed by atoms with Gasteiger partial charge in [-0.3, -0.25) is 9.52 Å². The maximum absolute atomic E-state index is 12.5. The molecule has 0 saturated carbocycles. The van der Waals surface area contributed by atoms with E-state index >= 15 is 0 Å². The summed E-state index contributed by atoms with van der Waals surface area (Å²) in [5.41, 5.74) is 2.42. The minimum Gasteiger partial charge on any atom is -0.322 e. The molecule has 0 atom stereocenters. The number of aryl methyl sites for hydroxylation is 1. The number of hydrogen-bond donors (Lipinski definition) is 2. The molecule has 0 saturated heterocycles. The third kappa shape index (κ3) is 4.87. The van der Waals surface area contributed by atoms with Crippen molar-refractivity contribution in [3.8, 4) is 0 Å². The Morgan fingerprint density at radius 3 is 2.15 bits per heavy atom. The first-order chi connectivity index (χ1) is 12.8. The van der Waals surface area contributed by atoms with Crippen LogP contribution in [0, 0.1) is 6.92 Å². The van der Waals surface area contributed by atoms with E-state index in [1.807, 2.05) is 19.1 Å². The van der Waals surface area contributed by atoms with Crippen LogP contribution in [0.15, 0.2) is 77.7 Å². The highest BCUT2D eigenvalue weighted by Gasteiger charge is 2.14. The van der Waals surface area contributed by atoms with Crippen LogP contribution in [0.4, 0.5) is 11.4 Å². The van der Waals surface area contributed by atoms with Crippen LogP contribution in [0.25, 0.3) is 0 Å². The predicted octanol–water partition coefficient (Wildman–Crippen LogP) is 4.70. The lowest BCUT2D eigenvalue weighted by atomic mass is 10.2. The molecule has 0 fully saturated rings. The van der Waals surface area contributed by atoms with Crippen molar-refractivity contribution in [2.75, 3.05) is 10.0 Å². The van der Waals surface area contributed by atoms with E-state index in [-0.39, 0.29) is 10.8 Å². The molecule has 0 aromatic heterocycles. The molecule has 0 radical (unpaired) electrons. The van der Waals surface area contributed by atoms with Crippen LogP contribution >= 0.6 is 11.6 Å². The SMILES string of the molecule is Cc1ccc(NS(=O)(=O)c2ccc(NC(=O)c3cccc(Cl)c3)cc2)cc1. The van der Waals surface area contributed by atoms with Gasteiger partial charge in [-0.15, -0.1) is 0 Å². The van der Waals surface area contributed by atoms with Crippen LogP contribution in [-0.4, -0.2) is 14.3 Å². The Balaban J connectivity index is 1.72. The van der Waals surface area contributed by atoms with E-state index < -0.39 is 10.0 Å². The average Bonchev–Trinajstić information content (AvgIpc) is 2.64. The molecule has 0 bridgehead atoms. The summed E-state index contributed by atoms with van der Waals surface area (Å²) in [5.74, 6) is -0.328. The van der Waals surface area contributed by atoms with Crippen molar-refractivity contribution in [2.24, 2.45) is 0 Å². The Kier molecular flexibility index (Phi) is 5.48. The summed E-state index contributed by atoms with van der Waals surface area (Å²) in [6.45, 7) is 1.93. The van der Waals surface area contributed by atoms with Crippen molar-refractivity contribution < 1.29 is 13.2 Å². The van der Waals surface area contributed by atoms with Crippen molar-refractivity contribution >= 4 is 38.9 Å². The van der Waals surface area contributed by atoms with Crippen LogP contribution in [0.5, 0.6) is 0 Å². The Morgan fingerprint density at radius 2 is 1.52 bits per heavy atom. The Hall–Kier alpha value is -2.83. The van der Waals surface area contributed by atoms with Crippen LogP contribution in [-0.2, 0) is 10.0 Å². The molecule has 0 aliphatic heterocycles. The van der Waals surface area contributed by atoms with Gasteiger partial charge in [-0.05, 0) is 61.5 Å². The molecule has 0 heterocycles. The van der Waals surface area contributed by atoms with E-state index in [2.05, 4.69) is 10.0 Å². The van der Waals surface area contributed by atoms with Gasteiger partial charge in [-0.2, -0.15) is 0 Å². The fourth-order valence-electron chi connectivity index (χ4n) is 2.39. The number of rotatable bonds is 5. The maximum Gasteiger partial charge on any atom is 0.261 e. The largest absolute Gasteiger partial charge is 0.322 e. The number of sulfonamides is 1. The fourth-order valence-corrected chi connectivity index (χ4v) is 3.63. The molecule has 5 nitrogen and oxygen atoms in total. The van der Waals surface area contributed by atoms with Crippen LogP contribution < -0.4 is 10.0 Å². The summed E-state index contributed by atoms with van der Waals surface area (Å²) in [4.78, 5) is 12.3. The summed E-state index contributed by atoms with van der Waals surface area (Å²) in [5, 5.41) is 3.17. The number of carbonyl (C=O) groups excluding carboxylic acids is 1. The van der Waals surface area contributed by atoms with Gasteiger partial charge in [0.15, 0.2) is 0 Å². The molecular formula is C20H17ClN2O3S. The standard InChI is InChI=1S/C20H17ClN2O3S/c1-14-5-7-18(8-6-14)23-27(25,26)19-11-9-17(10-12-19)22-20(24)15-3-2-4-16(21)13-15/h2-13,23H,1H3,(H,22,24). The van der Waals surface area contributed by atoms with Crippen molar-refractivity contribution in [3.05, 3.63) is 88.9 Å². The second kappa shape index (κ2) is 7.82. The van der Waals surface area contributed by atoms with E-state index in [9.17, 15) is 13.2 Å². The van der Waals surface area contributed by atoms with Gasteiger partial charge in [-0.1, -0.05) is 35.4 Å². The van der Waals surface area contributed by atoms with Gasteiger partial charge in [0.05, 0.1) is 4.90 Å². The maximum atomic E-state index is 12.5. The van der Waals surface area contributed by atoms with Crippen LogP contribution in [0.2, 0.25) is 5.02 Å². The first-order valence-electron chi connectivity index (χ1n) is 8.10. The number of carbonyl (C=O) groups is 1. The second-order valence-electron chi connectivity index (χ2n) is 5.96. The molecule has 3 aromatic carbocycles. The van der Waals surface area contributed by atoms with Crippen LogP contribution in [0.3, 0.4) is 0 Å². The summed E-state index contributed by atoms with van der Waals surface area (Å²) in [6.07, 6.45) is 0. The molecule has 0 spiro atoms. The topological polar surface area (TPSA) is 75.3 Å². The number of hydrogen-bond acceptors (Lipinski definition) is 3. The highest BCUT2D eigenvalue weighted by Crippen LogP contribution is 2.19. The minimum absolute atomic E-state index is 0.101. The van der Waals surface area contributed by atoms with Gasteiger partial charge in [0.2, 0.25) is 0 Å². The lowest BCUT2D eigenvalue weighted by molar-refractivity contribution is 0.102. The molecule has 3 aromatic rings. The quantitative estimate of drug-likeness (QED) is 0.651. The molecule has 0 aliphatic rings. The normalized spacial score (nSPS) is 11.0. The third-order valence-electron chi connectivity index (χ3n) is 3.81. The van der Waals surface area contributed by atoms with Gasteiger partial charge in [0, 0.05) is 22.0 Å². The molecule has 7 heteroatoms. The number of halogens is 1. The van der Waals surface area contributed by atoms with E-state index in [1.54, 1.807) is 36.4 Å². The van der Waals surface area contributed by atoms with Crippen molar-refractivity contribution in [2.45, 2.75) is 11.8 Å². The van der Waals surface area contributed by atoms with Gasteiger partial charge < -0.3 is 5.32 Å². The van der Waals surface area contributed by atoms with E-state index in [0.717, 1.165) is 5.56 Å². The Labute approximate surface area is 163 Å². The molecule has 2 N–H and O–H groups in total. The number of amides is 1. The second-order valence-corrected chi connectivity index (χ2v) is 8.08. The zero-order valence-corrected chi connectivity index (χ0v) is 16.0. The number of nitrogens with one attached hydrogen (secondary N) is 2. The lowest BCUT2D eigenvalue weighted by Crippen LogP contribution is -2.14. The Bertz CT molecular complexity index is 1060. The highest BCUT2D eigenvalue weighted by atomic mass is 35.5. The summed E-state index contributed by atoms with van der Waals surface area (Å²) in [6, 6.07) is 19.6. The van der Waals surface area contributed by atoms with Gasteiger partial charge in [0.25, 0.3) is 15.9 Å². The molecule has 3 rings (SSSR count). The number of anilines is 2. The van der Waals surface area contributed by atoms with E-state index in [4.69, 9.17) is 11.6 Å². The van der Waals surface area contributed by atoms with Crippen molar-refractivity contribution in [1.82, 2.24) is 0 Å². The minimum atomic E-state index is -3.71. The van der Waals surface area contributed by atoms with Crippen molar-refractivity contribution in [3.63, 3.8) is 0 Å². The molecule has 0 aliphatic carbocycles. The molecule has 0 unspecified atom stereocenters. The molecule has 27 heavy (non-hydrogen) atoms. The Morgan fingerprint density at radius 1 is 0.889 bits per heavy atom. The summed E-state index contributed by atoms with van der Waals surface area (Å²) in [7, 11) is -3.71. The fraction of sp³-hybridized carbons (Fsp3) is 0.0500. The summed E-state index contributed by atoms with van der Waals surface area (Å²) >= 11 is 5.88. The predicted molar refractivity (Wildman–Crippen MR) is 108 cm³/mol. The summed E-state index contributed by atoms with van der Waals surface area (Å²) < 4.78 is 27.5. The monoisotopic (exact) mass is 400 g/mol. The number of benzene rings is 3. The zero-order chi connectivity index (χ0) is 19.4. The van der Waals surface area contributed by atoms with Gasteiger partial charge in [-0.25, -0.2) is 8.42 Å². The van der Waals surface area contributed by atoms with Crippen molar-refractivity contribution in [1.29, 1.82) is 0 Å². The zero-order valence-electron chi connectivity index (χ0n) is 14.4. The third-order valence-corrected chi connectivity index (χ3v) is 5.45. The first kappa shape index (κ1) is 18.9. The molecule has 138 valence electrons. The smallest absolute Gasteiger partial charge is 0.261 e. The van der Waals surface area contributed by atoms with Crippen LogP contribution in [0.1, 0.15) is 15.9 Å². The van der Waals surface area contributed by atoms with Gasteiger partial charge >= 0.3 is 0 Å². The highest BCUT2D eigenvalue weighted by molar-refractivity contribution is 7.92.